The molecule has 0 fully saturated rings. The van der Waals surface area contributed by atoms with E-state index in [0.717, 1.165) is 12.3 Å². The number of Topliss-reactive ketones (excluding diaryl/α,β-unsaturated/α-hetero) is 1. The molecule has 3 nitrogen and oxygen atoms in total. The predicted molar refractivity (Wildman–Crippen MR) is 52.2 cm³/mol. The van der Waals surface area contributed by atoms with Gasteiger partial charge in [0.05, 0.1) is 10.7 Å². The fraction of sp³-hybridized carbons (Fsp3) is 0.333. The zero-order valence-corrected chi connectivity index (χ0v) is 8.63. The number of carbonyl (C=O) groups is 1. The maximum Gasteiger partial charge on any atom is 0.300 e. The Bertz CT molecular complexity index is 382. The van der Waals surface area contributed by atoms with E-state index in [0.29, 0.717) is 5.69 Å². The Labute approximate surface area is 90.2 Å². The van der Waals surface area contributed by atoms with Crippen LogP contribution in [0.2, 0.25) is 5.02 Å². The van der Waals surface area contributed by atoms with E-state index >= 15 is 0 Å². The Kier molecular flexibility index (Phi) is 3.71. The monoisotopic (exact) mass is 234 g/mol. The summed E-state index contributed by atoms with van der Waals surface area (Å²) in [6.45, 7) is 1.66. The van der Waals surface area contributed by atoms with Gasteiger partial charge in [-0.3, -0.25) is 9.78 Å². The molecule has 1 rings (SSSR count). The second kappa shape index (κ2) is 4.63. The third kappa shape index (κ3) is 2.70. The minimum Gasteiger partial charge on any atom is -0.323 e. The second-order valence-corrected chi connectivity index (χ2v) is 3.45. The Balaban J connectivity index is 3.07. The average Bonchev–Trinajstić information content (AvgIpc) is 2.15. The van der Waals surface area contributed by atoms with Crippen molar-refractivity contribution in [3.8, 4) is 0 Å². The molecule has 0 unspecified atom stereocenters. The number of aromatic nitrogens is 1. The Morgan fingerprint density at radius 3 is 2.60 bits per heavy atom. The lowest BCUT2D eigenvalue weighted by atomic mass is 10.1. The molecular weight excluding hydrogens is 226 g/mol. The number of ketones is 1. The quantitative estimate of drug-likeness (QED) is 0.816. The van der Waals surface area contributed by atoms with E-state index in [9.17, 15) is 13.6 Å². The predicted octanol–water partition coefficient (Wildman–Crippen LogP) is 2.20. The smallest absolute Gasteiger partial charge is 0.300 e. The molecule has 0 aliphatic heterocycles. The number of carbonyl (C=O) groups excluding carboxylic acids is 1. The van der Waals surface area contributed by atoms with Gasteiger partial charge in [-0.15, -0.1) is 0 Å². The molecule has 0 aliphatic rings. The van der Waals surface area contributed by atoms with Gasteiger partial charge in [0.2, 0.25) is 5.78 Å². The van der Waals surface area contributed by atoms with Crippen LogP contribution >= 0.6 is 11.6 Å². The van der Waals surface area contributed by atoms with Crippen molar-refractivity contribution in [2.45, 2.75) is 19.4 Å². The largest absolute Gasteiger partial charge is 0.323 e. The number of halogens is 3. The first-order valence-corrected chi connectivity index (χ1v) is 4.54. The summed E-state index contributed by atoms with van der Waals surface area (Å²) in [4.78, 5) is 14.7. The van der Waals surface area contributed by atoms with Crippen molar-refractivity contribution in [3.63, 3.8) is 0 Å². The van der Waals surface area contributed by atoms with Gasteiger partial charge in [-0.25, -0.2) is 8.78 Å². The first-order valence-electron chi connectivity index (χ1n) is 4.17. The van der Waals surface area contributed by atoms with Crippen LogP contribution in [-0.4, -0.2) is 17.2 Å². The minimum atomic E-state index is -3.05. The van der Waals surface area contributed by atoms with E-state index in [1.807, 2.05) is 0 Å². The van der Waals surface area contributed by atoms with E-state index < -0.39 is 18.3 Å². The molecule has 0 saturated heterocycles. The molecule has 0 amide bonds. The van der Waals surface area contributed by atoms with Crippen LogP contribution < -0.4 is 5.73 Å². The number of hydrogen-bond donors (Lipinski definition) is 1. The van der Waals surface area contributed by atoms with Crippen molar-refractivity contribution in [2.24, 2.45) is 5.73 Å². The molecule has 1 aromatic rings. The maximum absolute atomic E-state index is 12.1. The number of pyridine rings is 1. The SMILES string of the molecule is C[C@@H](N)c1ncc(C(=O)C(F)F)cc1Cl. The van der Waals surface area contributed by atoms with Crippen molar-refractivity contribution in [1.82, 2.24) is 4.98 Å². The van der Waals surface area contributed by atoms with Crippen LogP contribution in [0.4, 0.5) is 8.78 Å². The second-order valence-electron chi connectivity index (χ2n) is 3.04. The highest BCUT2D eigenvalue weighted by Gasteiger charge is 2.19. The molecule has 0 aliphatic carbocycles. The lowest BCUT2D eigenvalue weighted by Gasteiger charge is -2.08. The fourth-order valence-electron chi connectivity index (χ4n) is 1.04. The van der Waals surface area contributed by atoms with E-state index in [2.05, 4.69) is 4.98 Å². The number of alkyl halides is 2. The molecule has 82 valence electrons. The Hall–Kier alpha value is -1.07. The van der Waals surface area contributed by atoms with E-state index in [1.54, 1.807) is 6.92 Å². The van der Waals surface area contributed by atoms with Gasteiger partial charge >= 0.3 is 6.43 Å². The molecular formula is C9H9ClF2N2O. The highest BCUT2D eigenvalue weighted by atomic mass is 35.5. The molecule has 0 saturated carbocycles. The third-order valence-corrected chi connectivity index (χ3v) is 2.09. The molecule has 1 atom stereocenters. The van der Waals surface area contributed by atoms with Crippen LogP contribution in [0.5, 0.6) is 0 Å². The average molecular weight is 235 g/mol. The molecule has 1 aromatic heterocycles. The Morgan fingerprint density at radius 1 is 1.60 bits per heavy atom. The number of nitrogens with zero attached hydrogens (tertiary/aromatic N) is 1. The van der Waals surface area contributed by atoms with Gasteiger partial charge in [0.25, 0.3) is 0 Å². The van der Waals surface area contributed by atoms with Crippen molar-refractivity contribution in [1.29, 1.82) is 0 Å². The molecule has 0 spiro atoms. The number of rotatable bonds is 3. The van der Waals surface area contributed by atoms with E-state index in [-0.39, 0.29) is 10.6 Å². The van der Waals surface area contributed by atoms with Crippen LogP contribution in [0, 0.1) is 0 Å². The summed E-state index contributed by atoms with van der Waals surface area (Å²) in [5.74, 6) is -1.29. The van der Waals surface area contributed by atoms with Crippen LogP contribution in [0.15, 0.2) is 12.3 Å². The third-order valence-electron chi connectivity index (χ3n) is 1.78. The maximum atomic E-state index is 12.1. The summed E-state index contributed by atoms with van der Waals surface area (Å²) < 4.78 is 24.1. The normalized spacial score (nSPS) is 12.9. The first kappa shape index (κ1) is 12.0. The van der Waals surface area contributed by atoms with Crippen LogP contribution in [0.3, 0.4) is 0 Å². The zero-order chi connectivity index (χ0) is 11.6. The van der Waals surface area contributed by atoms with Crippen molar-refractivity contribution < 1.29 is 13.6 Å². The van der Waals surface area contributed by atoms with Crippen LogP contribution in [0.25, 0.3) is 0 Å². The molecule has 0 aromatic carbocycles. The van der Waals surface area contributed by atoms with Gasteiger partial charge in [0.15, 0.2) is 0 Å². The van der Waals surface area contributed by atoms with Crippen LogP contribution in [-0.2, 0) is 0 Å². The Morgan fingerprint density at radius 2 is 2.20 bits per heavy atom. The lowest BCUT2D eigenvalue weighted by Crippen LogP contribution is -2.13. The van der Waals surface area contributed by atoms with Gasteiger partial charge in [-0.2, -0.15) is 0 Å². The molecule has 6 heteroatoms. The summed E-state index contributed by atoms with van der Waals surface area (Å²) >= 11 is 5.73. The van der Waals surface area contributed by atoms with E-state index in [4.69, 9.17) is 17.3 Å². The standard InChI is InChI=1S/C9H9ClF2N2O/c1-4(13)7-6(10)2-5(3-14-7)8(15)9(11)12/h2-4,9H,13H2,1H3/t4-/m1/s1. The summed E-state index contributed by atoms with van der Waals surface area (Å²) in [5, 5.41) is 0.122. The number of hydrogen-bond acceptors (Lipinski definition) is 3. The molecule has 0 radical (unpaired) electrons. The molecule has 1 heterocycles. The molecule has 0 bridgehead atoms. The summed E-state index contributed by atoms with van der Waals surface area (Å²) in [7, 11) is 0. The van der Waals surface area contributed by atoms with Crippen molar-refractivity contribution >= 4 is 17.4 Å². The highest BCUT2D eigenvalue weighted by Crippen LogP contribution is 2.21. The first-order chi connectivity index (χ1) is 6.93. The molecule has 2 N–H and O–H groups in total. The highest BCUT2D eigenvalue weighted by molar-refractivity contribution is 6.31. The van der Waals surface area contributed by atoms with Gasteiger partial charge in [0, 0.05) is 17.8 Å². The number of nitrogens with two attached hydrogens (primary N) is 1. The van der Waals surface area contributed by atoms with Gasteiger partial charge in [-0.1, -0.05) is 11.6 Å². The topological polar surface area (TPSA) is 56.0 Å². The van der Waals surface area contributed by atoms with Crippen LogP contribution in [0.1, 0.15) is 29.0 Å². The fourth-order valence-corrected chi connectivity index (χ4v) is 1.38. The minimum absolute atomic E-state index is 0.122. The van der Waals surface area contributed by atoms with Crippen molar-refractivity contribution in [3.05, 3.63) is 28.5 Å². The van der Waals surface area contributed by atoms with E-state index in [1.165, 1.54) is 0 Å². The van der Waals surface area contributed by atoms with Gasteiger partial charge < -0.3 is 5.73 Å². The summed E-state index contributed by atoms with van der Waals surface area (Å²) in [6.07, 6.45) is -2.00. The summed E-state index contributed by atoms with van der Waals surface area (Å²) in [6, 6.07) is 0.745. The van der Waals surface area contributed by atoms with Crippen molar-refractivity contribution in [2.75, 3.05) is 0 Å². The summed E-state index contributed by atoms with van der Waals surface area (Å²) in [5.41, 5.74) is 5.69. The van der Waals surface area contributed by atoms with Gasteiger partial charge in [-0.05, 0) is 13.0 Å². The zero-order valence-electron chi connectivity index (χ0n) is 7.88. The molecule has 15 heavy (non-hydrogen) atoms. The van der Waals surface area contributed by atoms with Gasteiger partial charge in [0.1, 0.15) is 0 Å². The lowest BCUT2D eigenvalue weighted by molar-refractivity contribution is 0.0678.